The van der Waals surface area contributed by atoms with E-state index in [0.717, 1.165) is 42.9 Å². The molecule has 0 unspecified atom stereocenters. The molecule has 0 amide bonds. The molecule has 1 aliphatic rings. The fraction of sp³-hybridized carbons (Fsp3) is 0.824. The molecule has 0 aromatic carbocycles. The van der Waals surface area contributed by atoms with E-state index in [4.69, 9.17) is 0 Å². The van der Waals surface area contributed by atoms with Gasteiger partial charge in [0.2, 0.25) is 0 Å². The third-order valence-corrected chi connectivity index (χ3v) is 5.02. The van der Waals surface area contributed by atoms with Crippen molar-refractivity contribution in [3.63, 3.8) is 0 Å². The van der Waals surface area contributed by atoms with Crippen molar-refractivity contribution in [1.82, 2.24) is 25.4 Å². The Morgan fingerprint density at radius 2 is 2.00 bits per heavy atom. The molecule has 0 saturated heterocycles. The van der Waals surface area contributed by atoms with E-state index >= 15 is 0 Å². The van der Waals surface area contributed by atoms with Gasteiger partial charge >= 0.3 is 0 Å². The van der Waals surface area contributed by atoms with Crippen LogP contribution in [-0.2, 0) is 6.42 Å². The topological polar surface area (TPSA) is 67.1 Å². The molecule has 0 spiro atoms. The third-order valence-electron chi connectivity index (χ3n) is 4.38. The molecule has 0 radical (unpaired) electrons. The number of rotatable bonds is 8. The van der Waals surface area contributed by atoms with Gasteiger partial charge in [-0.15, -0.1) is 34.2 Å². The van der Waals surface area contributed by atoms with Crippen LogP contribution in [0.4, 0.5) is 0 Å². The molecule has 1 heterocycles. The monoisotopic (exact) mass is 480 g/mol. The van der Waals surface area contributed by atoms with Crippen LogP contribution in [0.2, 0.25) is 0 Å². The second-order valence-electron chi connectivity index (χ2n) is 6.79. The zero-order valence-corrected chi connectivity index (χ0v) is 19.1. The van der Waals surface area contributed by atoms with E-state index in [9.17, 15) is 0 Å². The summed E-state index contributed by atoms with van der Waals surface area (Å²) in [6.07, 6.45) is 9.27. The van der Waals surface area contributed by atoms with Crippen LogP contribution in [0, 0.1) is 5.92 Å². The quantitative estimate of drug-likeness (QED) is 0.196. The Morgan fingerprint density at radius 3 is 2.60 bits per heavy atom. The van der Waals surface area contributed by atoms with E-state index in [1.807, 2.05) is 7.05 Å². The number of hydrogen-bond donors (Lipinski definition) is 2. The highest BCUT2D eigenvalue weighted by molar-refractivity contribution is 14.0. The van der Waals surface area contributed by atoms with Crippen LogP contribution >= 0.6 is 35.7 Å². The summed E-state index contributed by atoms with van der Waals surface area (Å²) in [5.41, 5.74) is 0. The first-order valence-electron chi connectivity index (χ1n) is 9.08. The molecule has 6 nitrogen and oxygen atoms in total. The third kappa shape index (κ3) is 6.96. The first kappa shape index (κ1) is 22.5. The summed E-state index contributed by atoms with van der Waals surface area (Å²) in [7, 11) is 1.82. The maximum atomic E-state index is 4.45. The Balaban J connectivity index is 0.00000312. The Morgan fingerprint density at radius 1 is 1.28 bits per heavy atom. The summed E-state index contributed by atoms with van der Waals surface area (Å²) in [5, 5.41) is 16.6. The Labute approximate surface area is 173 Å². The number of aryl methyl sites for hydroxylation is 1. The summed E-state index contributed by atoms with van der Waals surface area (Å²) < 4.78 is 2.39. The molecule has 2 N–H and O–H groups in total. The Bertz CT molecular complexity index is 525. The molecule has 144 valence electrons. The first-order chi connectivity index (χ1) is 11.7. The lowest BCUT2D eigenvalue weighted by molar-refractivity contribution is 0.460. The molecular weight excluding hydrogens is 447 g/mol. The van der Waals surface area contributed by atoms with Gasteiger partial charge in [0.15, 0.2) is 11.1 Å². The van der Waals surface area contributed by atoms with Crippen LogP contribution in [0.15, 0.2) is 10.1 Å². The van der Waals surface area contributed by atoms with Crippen molar-refractivity contribution >= 4 is 41.7 Å². The fourth-order valence-electron chi connectivity index (χ4n) is 3.12. The molecule has 1 saturated carbocycles. The van der Waals surface area contributed by atoms with Crippen LogP contribution in [0.5, 0.6) is 0 Å². The van der Waals surface area contributed by atoms with Crippen molar-refractivity contribution in [2.45, 2.75) is 63.6 Å². The number of hydrogen-bond acceptors (Lipinski definition) is 4. The minimum absolute atomic E-state index is 0. The van der Waals surface area contributed by atoms with E-state index in [2.05, 4.69) is 50.5 Å². The number of nitrogens with zero attached hydrogens (tertiary/aromatic N) is 4. The maximum Gasteiger partial charge on any atom is 0.191 e. The molecule has 1 aliphatic carbocycles. The van der Waals surface area contributed by atoms with Gasteiger partial charge < -0.3 is 15.2 Å². The maximum absolute atomic E-state index is 4.45. The van der Waals surface area contributed by atoms with Gasteiger partial charge in [-0.05, 0) is 31.4 Å². The number of thioether (sulfide) groups is 1. The normalized spacial score (nSPS) is 15.5. The summed E-state index contributed by atoms with van der Waals surface area (Å²) in [6.45, 7) is 6.22. The lowest BCUT2D eigenvalue weighted by Gasteiger charge is -2.16. The lowest BCUT2D eigenvalue weighted by atomic mass is 10.2. The zero-order valence-electron chi connectivity index (χ0n) is 15.9. The summed E-state index contributed by atoms with van der Waals surface area (Å²) in [5.74, 6) is 2.63. The molecule has 0 atom stereocenters. The van der Waals surface area contributed by atoms with Crippen LogP contribution < -0.4 is 10.6 Å². The standard InChI is InChI=1S/C17H32N6S.HI/c1-13(2)12-20-16(18-3)19-11-7-10-15-21-22-17(24-4)23(15)14-8-5-6-9-14;/h13-14H,5-12H2,1-4H3,(H2,18,19,20);1H. The smallest absolute Gasteiger partial charge is 0.191 e. The molecule has 1 aromatic rings. The van der Waals surface area contributed by atoms with Crippen LogP contribution in [0.3, 0.4) is 0 Å². The summed E-state index contributed by atoms with van der Waals surface area (Å²) >= 11 is 1.70. The van der Waals surface area contributed by atoms with Gasteiger partial charge in [0.1, 0.15) is 5.82 Å². The molecule has 0 bridgehead atoms. The predicted octanol–water partition coefficient (Wildman–Crippen LogP) is 3.49. The molecule has 0 aliphatic heterocycles. The van der Waals surface area contributed by atoms with E-state index in [1.54, 1.807) is 11.8 Å². The van der Waals surface area contributed by atoms with Crippen LogP contribution in [0.1, 0.15) is 57.8 Å². The first-order valence-corrected chi connectivity index (χ1v) is 10.3. The summed E-state index contributed by atoms with van der Waals surface area (Å²) in [6, 6.07) is 0.603. The molecule has 2 rings (SSSR count). The van der Waals surface area contributed by atoms with Gasteiger partial charge in [0.25, 0.3) is 0 Å². The molecule has 1 aromatic heterocycles. The summed E-state index contributed by atoms with van der Waals surface area (Å²) in [4.78, 5) is 4.26. The van der Waals surface area contributed by atoms with Crippen molar-refractivity contribution in [1.29, 1.82) is 0 Å². The molecule has 25 heavy (non-hydrogen) atoms. The highest BCUT2D eigenvalue weighted by Crippen LogP contribution is 2.33. The number of aromatic nitrogens is 3. The molecule has 1 fully saturated rings. The van der Waals surface area contributed by atoms with E-state index in [1.165, 1.54) is 25.7 Å². The highest BCUT2D eigenvalue weighted by Gasteiger charge is 2.23. The van der Waals surface area contributed by atoms with Crippen molar-refractivity contribution in [3.05, 3.63) is 5.82 Å². The van der Waals surface area contributed by atoms with Crippen molar-refractivity contribution < 1.29 is 0 Å². The second kappa shape index (κ2) is 12.0. The largest absolute Gasteiger partial charge is 0.356 e. The Hall–Kier alpha value is -0.510. The van der Waals surface area contributed by atoms with E-state index < -0.39 is 0 Å². The lowest BCUT2D eigenvalue weighted by Crippen LogP contribution is -2.39. The molecule has 8 heteroatoms. The minimum atomic E-state index is 0. The molecular formula is C17H33IN6S. The Kier molecular flexibility index (Phi) is 10.8. The predicted molar refractivity (Wildman–Crippen MR) is 117 cm³/mol. The second-order valence-corrected chi connectivity index (χ2v) is 7.56. The average Bonchev–Trinajstić information content (AvgIpc) is 3.22. The number of guanidine groups is 1. The van der Waals surface area contributed by atoms with Crippen LogP contribution in [0.25, 0.3) is 0 Å². The SMILES string of the molecule is CN=C(NCCCc1nnc(SC)n1C1CCCC1)NCC(C)C.I. The van der Waals surface area contributed by atoms with Gasteiger partial charge in [-0.1, -0.05) is 38.5 Å². The number of nitrogens with one attached hydrogen (secondary N) is 2. The van der Waals surface area contributed by atoms with E-state index in [0.29, 0.717) is 12.0 Å². The minimum Gasteiger partial charge on any atom is -0.356 e. The number of aliphatic imine (C=N–C) groups is 1. The van der Waals surface area contributed by atoms with Crippen molar-refractivity contribution in [2.75, 3.05) is 26.4 Å². The van der Waals surface area contributed by atoms with Gasteiger partial charge in [0, 0.05) is 32.6 Å². The van der Waals surface area contributed by atoms with Gasteiger partial charge in [-0.2, -0.15) is 0 Å². The van der Waals surface area contributed by atoms with Crippen LogP contribution in [-0.4, -0.2) is 47.1 Å². The average molecular weight is 480 g/mol. The van der Waals surface area contributed by atoms with Crippen molar-refractivity contribution in [3.8, 4) is 0 Å². The fourth-order valence-corrected chi connectivity index (χ4v) is 3.69. The van der Waals surface area contributed by atoms with Gasteiger partial charge in [0.05, 0.1) is 0 Å². The van der Waals surface area contributed by atoms with Gasteiger partial charge in [-0.3, -0.25) is 4.99 Å². The van der Waals surface area contributed by atoms with Gasteiger partial charge in [-0.25, -0.2) is 0 Å². The van der Waals surface area contributed by atoms with E-state index in [-0.39, 0.29) is 24.0 Å². The number of halogens is 1. The zero-order chi connectivity index (χ0) is 17.4. The highest BCUT2D eigenvalue weighted by atomic mass is 127. The van der Waals surface area contributed by atoms with Crippen molar-refractivity contribution in [2.24, 2.45) is 10.9 Å².